The van der Waals surface area contributed by atoms with Crippen LogP contribution in [0.3, 0.4) is 0 Å². The zero-order valence-electron chi connectivity index (χ0n) is 10.6. The molecule has 90 valence electrons. The molecule has 0 bridgehead atoms. The van der Waals surface area contributed by atoms with E-state index >= 15 is 0 Å². The summed E-state index contributed by atoms with van der Waals surface area (Å²) in [6.45, 7) is 2.85. The SMILES string of the molecule is Cc1cccc(N(C)Cc2ccnc(C#N)c2)c1. The summed E-state index contributed by atoms with van der Waals surface area (Å²) >= 11 is 0. The molecule has 1 aromatic heterocycles. The molecule has 0 amide bonds. The Kier molecular flexibility index (Phi) is 3.59. The van der Waals surface area contributed by atoms with E-state index in [4.69, 9.17) is 5.26 Å². The lowest BCUT2D eigenvalue weighted by atomic mass is 10.2. The Morgan fingerprint density at radius 2 is 2.11 bits per heavy atom. The van der Waals surface area contributed by atoms with E-state index in [2.05, 4.69) is 47.1 Å². The highest BCUT2D eigenvalue weighted by atomic mass is 15.1. The van der Waals surface area contributed by atoms with Gasteiger partial charge in [0.15, 0.2) is 0 Å². The van der Waals surface area contributed by atoms with E-state index in [0.717, 1.165) is 12.1 Å². The van der Waals surface area contributed by atoms with Crippen LogP contribution in [0.5, 0.6) is 0 Å². The smallest absolute Gasteiger partial charge is 0.140 e. The van der Waals surface area contributed by atoms with Crippen LogP contribution < -0.4 is 4.90 Å². The molecule has 0 fully saturated rings. The minimum atomic E-state index is 0.463. The molecule has 18 heavy (non-hydrogen) atoms. The van der Waals surface area contributed by atoms with E-state index in [9.17, 15) is 0 Å². The molecule has 2 rings (SSSR count). The van der Waals surface area contributed by atoms with Crippen molar-refractivity contribution in [3.05, 3.63) is 59.4 Å². The Hall–Kier alpha value is -2.34. The van der Waals surface area contributed by atoms with E-state index < -0.39 is 0 Å². The molecule has 1 heterocycles. The van der Waals surface area contributed by atoms with Gasteiger partial charge in [-0.15, -0.1) is 0 Å². The van der Waals surface area contributed by atoms with Crippen molar-refractivity contribution in [1.29, 1.82) is 5.26 Å². The number of anilines is 1. The first-order valence-corrected chi connectivity index (χ1v) is 5.82. The molecule has 3 nitrogen and oxygen atoms in total. The Morgan fingerprint density at radius 3 is 2.83 bits per heavy atom. The topological polar surface area (TPSA) is 39.9 Å². The van der Waals surface area contributed by atoms with Crippen LogP contribution in [0.25, 0.3) is 0 Å². The molecule has 2 aromatic rings. The molecule has 0 aliphatic rings. The number of nitrogens with zero attached hydrogens (tertiary/aromatic N) is 3. The zero-order chi connectivity index (χ0) is 13.0. The number of rotatable bonds is 3. The maximum atomic E-state index is 8.82. The fourth-order valence-corrected chi connectivity index (χ4v) is 1.86. The molecule has 0 saturated carbocycles. The highest BCUT2D eigenvalue weighted by Gasteiger charge is 2.03. The minimum Gasteiger partial charge on any atom is -0.370 e. The van der Waals surface area contributed by atoms with Crippen LogP contribution in [0.1, 0.15) is 16.8 Å². The third-order valence-electron chi connectivity index (χ3n) is 2.80. The van der Waals surface area contributed by atoms with Gasteiger partial charge in [0, 0.05) is 25.5 Å². The monoisotopic (exact) mass is 237 g/mol. The average Bonchev–Trinajstić information content (AvgIpc) is 2.39. The van der Waals surface area contributed by atoms with Crippen LogP contribution in [-0.4, -0.2) is 12.0 Å². The zero-order valence-corrected chi connectivity index (χ0v) is 10.6. The van der Waals surface area contributed by atoms with E-state index in [1.54, 1.807) is 6.20 Å². The van der Waals surface area contributed by atoms with E-state index in [0.29, 0.717) is 5.69 Å². The van der Waals surface area contributed by atoms with Crippen molar-refractivity contribution in [3.8, 4) is 6.07 Å². The predicted octanol–water partition coefficient (Wildman–Crippen LogP) is 2.90. The second kappa shape index (κ2) is 5.33. The molecule has 0 radical (unpaired) electrons. The standard InChI is InChI=1S/C15H15N3/c1-12-4-3-5-15(8-12)18(2)11-13-6-7-17-14(9-13)10-16/h3-9H,11H2,1-2H3. The lowest BCUT2D eigenvalue weighted by Gasteiger charge is -2.19. The quantitative estimate of drug-likeness (QED) is 0.824. The number of pyridine rings is 1. The van der Waals surface area contributed by atoms with Crippen LogP contribution in [0.4, 0.5) is 5.69 Å². The summed E-state index contributed by atoms with van der Waals surface area (Å²) in [6.07, 6.45) is 1.68. The van der Waals surface area contributed by atoms with Gasteiger partial charge >= 0.3 is 0 Å². The summed E-state index contributed by atoms with van der Waals surface area (Å²) in [5.74, 6) is 0. The first-order chi connectivity index (χ1) is 8.69. The Bertz CT molecular complexity index is 584. The van der Waals surface area contributed by atoms with Gasteiger partial charge < -0.3 is 4.90 Å². The molecule has 0 unspecified atom stereocenters. The van der Waals surface area contributed by atoms with Crippen molar-refractivity contribution in [2.45, 2.75) is 13.5 Å². The highest BCUT2D eigenvalue weighted by molar-refractivity contribution is 5.48. The Labute approximate surface area is 107 Å². The first-order valence-electron chi connectivity index (χ1n) is 5.82. The largest absolute Gasteiger partial charge is 0.370 e. The van der Waals surface area contributed by atoms with Crippen LogP contribution in [0.2, 0.25) is 0 Å². The van der Waals surface area contributed by atoms with Crippen molar-refractivity contribution in [3.63, 3.8) is 0 Å². The van der Waals surface area contributed by atoms with Gasteiger partial charge in [-0.05, 0) is 42.3 Å². The fraction of sp³-hybridized carbons (Fsp3) is 0.200. The van der Waals surface area contributed by atoms with Gasteiger partial charge in [0.2, 0.25) is 0 Å². The average molecular weight is 237 g/mol. The van der Waals surface area contributed by atoms with Gasteiger partial charge in [0.1, 0.15) is 11.8 Å². The van der Waals surface area contributed by atoms with Crippen molar-refractivity contribution in [2.75, 3.05) is 11.9 Å². The normalized spacial score (nSPS) is 9.83. The summed E-state index contributed by atoms with van der Waals surface area (Å²) in [5.41, 5.74) is 3.97. The maximum Gasteiger partial charge on any atom is 0.140 e. The summed E-state index contributed by atoms with van der Waals surface area (Å²) in [5, 5.41) is 8.82. The van der Waals surface area contributed by atoms with Crippen molar-refractivity contribution in [2.24, 2.45) is 0 Å². The van der Waals surface area contributed by atoms with E-state index in [-0.39, 0.29) is 0 Å². The molecule has 0 aliphatic heterocycles. The molecule has 0 aliphatic carbocycles. The second-order valence-corrected chi connectivity index (χ2v) is 4.36. The first kappa shape index (κ1) is 12.1. The Morgan fingerprint density at radius 1 is 1.28 bits per heavy atom. The molecular weight excluding hydrogens is 222 g/mol. The third-order valence-corrected chi connectivity index (χ3v) is 2.80. The van der Waals surface area contributed by atoms with Crippen molar-refractivity contribution < 1.29 is 0 Å². The van der Waals surface area contributed by atoms with Gasteiger partial charge in [0.25, 0.3) is 0 Å². The highest BCUT2D eigenvalue weighted by Crippen LogP contribution is 2.16. The number of aryl methyl sites for hydroxylation is 1. The van der Waals surface area contributed by atoms with Gasteiger partial charge in [0.05, 0.1) is 0 Å². The lowest BCUT2D eigenvalue weighted by molar-refractivity contribution is 0.917. The third kappa shape index (κ3) is 2.86. The lowest BCUT2D eigenvalue weighted by Crippen LogP contribution is -2.16. The molecular formula is C15H15N3. The van der Waals surface area contributed by atoms with Gasteiger partial charge in [-0.25, -0.2) is 4.98 Å². The molecule has 1 aromatic carbocycles. The molecule has 0 saturated heterocycles. The summed E-state index contributed by atoms with van der Waals surface area (Å²) in [6, 6.07) is 14.2. The predicted molar refractivity (Wildman–Crippen MR) is 72.2 cm³/mol. The van der Waals surface area contributed by atoms with Crippen LogP contribution in [-0.2, 0) is 6.54 Å². The van der Waals surface area contributed by atoms with E-state index in [1.807, 2.05) is 19.2 Å². The maximum absolute atomic E-state index is 8.82. The molecule has 0 N–H and O–H groups in total. The summed E-state index contributed by atoms with van der Waals surface area (Å²) in [7, 11) is 2.04. The van der Waals surface area contributed by atoms with Crippen molar-refractivity contribution >= 4 is 5.69 Å². The summed E-state index contributed by atoms with van der Waals surface area (Å²) < 4.78 is 0. The van der Waals surface area contributed by atoms with Crippen LogP contribution in [0, 0.1) is 18.3 Å². The van der Waals surface area contributed by atoms with Crippen molar-refractivity contribution in [1.82, 2.24) is 4.98 Å². The van der Waals surface area contributed by atoms with Crippen LogP contribution in [0.15, 0.2) is 42.6 Å². The van der Waals surface area contributed by atoms with Crippen LogP contribution >= 0.6 is 0 Å². The Balaban J connectivity index is 2.16. The van der Waals surface area contributed by atoms with Gasteiger partial charge in [-0.1, -0.05) is 12.1 Å². The van der Waals surface area contributed by atoms with E-state index in [1.165, 1.54) is 11.3 Å². The molecule has 0 spiro atoms. The number of aromatic nitrogens is 1. The number of nitriles is 1. The molecule has 0 atom stereocenters. The number of hydrogen-bond donors (Lipinski definition) is 0. The van der Waals surface area contributed by atoms with Gasteiger partial charge in [-0.3, -0.25) is 0 Å². The fourth-order valence-electron chi connectivity index (χ4n) is 1.86. The van der Waals surface area contributed by atoms with Gasteiger partial charge in [-0.2, -0.15) is 5.26 Å². The minimum absolute atomic E-state index is 0.463. The number of hydrogen-bond acceptors (Lipinski definition) is 3. The summed E-state index contributed by atoms with van der Waals surface area (Å²) in [4.78, 5) is 6.13. The number of benzene rings is 1. The second-order valence-electron chi connectivity index (χ2n) is 4.36. The molecule has 3 heteroatoms.